The van der Waals surface area contributed by atoms with Crippen molar-refractivity contribution in [3.63, 3.8) is 0 Å². The van der Waals surface area contributed by atoms with Crippen molar-refractivity contribution in [3.05, 3.63) is 69.6 Å². The molecule has 176 valence electrons. The molecular weight excluding hydrogens is 428 g/mol. The highest BCUT2D eigenvalue weighted by molar-refractivity contribution is 5.99. The molecule has 0 atom stereocenters. The Morgan fingerprint density at radius 2 is 1.79 bits per heavy atom. The predicted molar refractivity (Wildman–Crippen MR) is 120 cm³/mol. The summed E-state index contributed by atoms with van der Waals surface area (Å²) in [5.74, 6) is -1.02. The summed E-state index contributed by atoms with van der Waals surface area (Å²) in [5.41, 5.74) is 0.417. The third kappa shape index (κ3) is 6.66. The molecule has 1 aliphatic heterocycles. The number of hydrogen-bond donors (Lipinski definition) is 2. The Labute approximate surface area is 191 Å². The van der Waals surface area contributed by atoms with Gasteiger partial charge in [0.25, 0.3) is 17.4 Å². The van der Waals surface area contributed by atoms with Gasteiger partial charge in [-0.15, -0.1) is 0 Å². The average Bonchev–Trinajstić information content (AvgIpc) is 2.84. The molecule has 2 heterocycles. The van der Waals surface area contributed by atoms with E-state index in [0.717, 1.165) is 5.56 Å². The lowest BCUT2D eigenvalue weighted by Crippen LogP contribution is -2.41. The molecule has 0 radical (unpaired) electrons. The van der Waals surface area contributed by atoms with Crippen LogP contribution in [-0.4, -0.2) is 73.4 Å². The number of pyridine rings is 1. The molecule has 1 aliphatic rings. The smallest absolute Gasteiger partial charge is 0.409 e. The Bertz CT molecular complexity index is 1030. The Morgan fingerprint density at radius 3 is 2.48 bits per heavy atom. The Balaban J connectivity index is 1.68. The van der Waals surface area contributed by atoms with Crippen LogP contribution in [0, 0.1) is 0 Å². The summed E-state index contributed by atoms with van der Waals surface area (Å²) < 4.78 is 11.7. The van der Waals surface area contributed by atoms with Gasteiger partial charge in [0.2, 0.25) is 0 Å². The van der Waals surface area contributed by atoms with E-state index in [-0.39, 0.29) is 30.8 Å². The van der Waals surface area contributed by atoms with E-state index in [4.69, 9.17) is 9.47 Å². The number of hydrogen-bond acceptors (Lipinski definition) is 6. The van der Waals surface area contributed by atoms with Crippen molar-refractivity contribution in [1.29, 1.82) is 0 Å². The number of morpholine rings is 1. The van der Waals surface area contributed by atoms with E-state index in [2.05, 4.69) is 10.6 Å². The fourth-order valence-electron chi connectivity index (χ4n) is 3.32. The lowest BCUT2D eigenvalue weighted by Gasteiger charge is -2.25. The van der Waals surface area contributed by atoms with E-state index in [1.54, 1.807) is 11.8 Å². The number of benzene rings is 1. The van der Waals surface area contributed by atoms with Crippen molar-refractivity contribution < 1.29 is 23.9 Å². The summed E-state index contributed by atoms with van der Waals surface area (Å²) in [6, 6.07) is 10.5. The molecule has 3 amide bonds. The molecule has 2 aromatic rings. The monoisotopic (exact) mass is 456 g/mol. The first-order chi connectivity index (χ1) is 16.0. The molecule has 2 N–H and O–H groups in total. The zero-order chi connectivity index (χ0) is 23.6. The summed E-state index contributed by atoms with van der Waals surface area (Å²) in [6.45, 7) is 4.27. The first-order valence-corrected chi connectivity index (χ1v) is 10.8. The number of aromatic nitrogens is 1. The quantitative estimate of drug-likeness (QED) is 0.569. The van der Waals surface area contributed by atoms with Gasteiger partial charge in [-0.2, -0.15) is 0 Å². The molecular formula is C23H28N4O6. The second-order valence-electron chi connectivity index (χ2n) is 7.39. The summed E-state index contributed by atoms with van der Waals surface area (Å²) in [6.07, 6.45) is 0.968. The van der Waals surface area contributed by atoms with E-state index < -0.39 is 23.5 Å². The summed E-state index contributed by atoms with van der Waals surface area (Å²) in [5, 5.41) is 5.26. The van der Waals surface area contributed by atoms with Crippen LogP contribution in [-0.2, 0) is 16.0 Å². The van der Waals surface area contributed by atoms with Gasteiger partial charge in [-0.3, -0.25) is 14.4 Å². The largest absolute Gasteiger partial charge is 0.448 e. The molecule has 0 spiro atoms. The van der Waals surface area contributed by atoms with Gasteiger partial charge in [-0.25, -0.2) is 4.79 Å². The molecule has 10 nitrogen and oxygen atoms in total. The SMILES string of the molecule is CCNC(=O)c1cc(C(=O)NCCOC(=O)N2CCOCC2)cn(Cc2ccccc2)c1=O. The van der Waals surface area contributed by atoms with Crippen molar-refractivity contribution in [2.45, 2.75) is 13.5 Å². The van der Waals surface area contributed by atoms with Gasteiger partial charge in [-0.1, -0.05) is 30.3 Å². The molecule has 0 aliphatic carbocycles. The molecule has 0 saturated carbocycles. The zero-order valence-corrected chi connectivity index (χ0v) is 18.5. The van der Waals surface area contributed by atoms with Crippen LogP contribution < -0.4 is 16.2 Å². The van der Waals surface area contributed by atoms with Crippen molar-refractivity contribution in [3.8, 4) is 0 Å². The Kier molecular flexibility index (Phi) is 8.59. The van der Waals surface area contributed by atoms with Gasteiger partial charge in [0, 0.05) is 25.8 Å². The van der Waals surface area contributed by atoms with Gasteiger partial charge in [0.1, 0.15) is 12.2 Å². The van der Waals surface area contributed by atoms with Gasteiger partial charge < -0.3 is 29.6 Å². The molecule has 0 bridgehead atoms. The third-order valence-electron chi connectivity index (χ3n) is 5.01. The number of rotatable bonds is 8. The van der Waals surface area contributed by atoms with Crippen LogP contribution in [0.4, 0.5) is 4.79 Å². The second-order valence-corrected chi connectivity index (χ2v) is 7.39. The van der Waals surface area contributed by atoms with Crippen molar-refractivity contribution in [1.82, 2.24) is 20.1 Å². The maximum absolute atomic E-state index is 12.8. The third-order valence-corrected chi connectivity index (χ3v) is 5.01. The normalized spacial score (nSPS) is 13.3. The maximum atomic E-state index is 12.8. The number of nitrogens with zero attached hydrogens (tertiary/aromatic N) is 2. The minimum atomic E-state index is -0.543. The van der Waals surface area contributed by atoms with Gasteiger partial charge in [0.15, 0.2) is 0 Å². The van der Waals surface area contributed by atoms with Crippen molar-refractivity contribution >= 4 is 17.9 Å². The van der Waals surface area contributed by atoms with Crippen LogP contribution in [0.3, 0.4) is 0 Å². The van der Waals surface area contributed by atoms with Crippen LogP contribution >= 0.6 is 0 Å². The fourth-order valence-corrected chi connectivity index (χ4v) is 3.32. The van der Waals surface area contributed by atoms with Crippen LogP contribution in [0.25, 0.3) is 0 Å². The molecule has 1 aromatic carbocycles. The molecule has 3 rings (SSSR count). The molecule has 1 fully saturated rings. The van der Waals surface area contributed by atoms with Gasteiger partial charge in [-0.05, 0) is 18.6 Å². The fraction of sp³-hybridized carbons (Fsp3) is 0.391. The Hall–Kier alpha value is -3.66. The lowest BCUT2D eigenvalue weighted by atomic mass is 10.1. The molecule has 33 heavy (non-hydrogen) atoms. The predicted octanol–water partition coefficient (Wildman–Crippen LogP) is 0.845. The number of nitrogens with one attached hydrogen (secondary N) is 2. The van der Waals surface area contributed by atoms with E-state index in [9.17, 15) is 19.2 Å². The number of amides is 3. The Morgan fingerprint density at radius 1 is 1.06 bits per heavy atom. The zero-order valence-electron chi connectivity index (χ0n) is 18.5. The minimum Gasteiger partial charge on any atom is -0.448 e. The first kappa shape index (κ1) is 24.0. The number of carbonyl (C=O) groups is 3. The van der Waals surface area contributed by atoms with E-state index in [1.807, 2.05) is 30.3 Å². The minimum absolute atomic E-state index is 0.00520. The van der Waals surface area contributed by atoms with Crippen LogP contribution in [0.2, 0.25) is 0 Å². The van der Waals surface area contributed by atoms with Crippen molar-refractivity contribution in [2.24, 2.45) is 0 Å². The van der Waals surface area contributed by atoms with Crippen LogP contribution in [0.15, 0.2) is 47.4 Å². The summed E-state index contributed by atoms with van der Waals surface area (Å²) >= 11 is 0. The summed E-state index contributed by atoms with van der Waals surface area (Å²) in [7, 11) is 0. The molecule has 0 unspecified atom stereocenters. The van der Waals surface area contributed by atoms with E-state index >= 15 is 0 Å². The highest BCUT2D eigenvalue weighted by Crippen LogP contribution is 2.06. The highest BCUT2D eigenvalue weighted by atomic mass is 16.6. The maximum Gasteiger partial charge on any atom is 0.409 e. The molecule has 10 heteroatoms. The number of ether oxygens (including phenoxy) is 2. The average molecular weight is 456 g/mol. The highest BCUT2D eigenvalue weighted by Gasteiger charge is 2.19. The first-order valence-electron chi connectivity index (χ1n) is 10.8. The number of carbonyl (C=O) groups excluding carboxylic acids is 3. The van der Waals surface area contributed by atoms with E-state index in [0.29, 0.717) is 32.8 Å². The lowest BCUT2D eigenvalue weighted by molar-refractivity contribution is 0.0274. The molecule has 1 saturated heterocycles. The van der Waals surface area contributed by atoms with Gasteiger partial charge in [0.05, 0.1) is 31.9 Å². The molecule has 1 aromatic heterocycles. The topological polar surface area (TPSA) is 119 Å². The van der Waals surface area contributed by atoms with E-state index in [1.165, 1.54) is 16.8 Å². The van der Waals surface area contributed by atoms with Crippen molar-refractivity contribution in [2.75, 3.05) is 46.0 Å². The summed E-state index contributed by atoms with van der Waals surface area (Å²) in [4.78, 5) is 51.5. The second kappa shape index (κ2) is 11.8. The van der Waals surface area contributed by atoms with Gasteiger partial charge >= 0.3 is 6.09 Å². The van der Waals surface area contributed by atoms with Crippen LogP contribution in [0.1, 0.15) is 33.2 Å². The van der Waals surface area contributed by atoms with Crippen LogP contribution in [0.5, 0.6) is 0 Å². The standard InChI is InChI=1S/C23H28N4O6/c1-2-24-21(29)19-14-18(16-27(22(19)30)15-17-6-4-3-5-7-17)20(28)25-8-11-33-23(31)26-9-12-32-13-10-26/h3-7,14,16H,2,8-13,15H2,1H3,(H,24,29)(H,25,28).